The molecule has 0 radical (unpaired) electrons. The van der Waals surface area contributed by atoms with Crippen LogP contribution in [0.2, 0.25) is 0 Å². The number of ether oxygens (including phenoxy) is 1. The highest BCUT2D eigenvalue weighted by molar-refractivity contribution is 5.85. The molecule has 21 heavy (non-hydrogen) atoms. The summed E-state index contributed by atoms with van der Waals surface area (Å²) in [5.41, 5.74) is 2.23. The van der Waals surface area contributed by atoms with Gasteiger partial charge in [0.25, 0.3) is 0 Å². The topological polar surface area (TPSA) is 69.0 Å². The van der Waals surface area contributed by atoms with Crippen molar-refractivity contribution >= 4 is 17.8 Å². The van der Waals surface area contributed by atoms with Crippen LogP contribution >= 0.6 is 0 Å². The highest BCUT2D eigenvalue weighted by Gasteiger charge is 2.20. The van der Waals surface area contributed by atoms with Gasteiger partial charge in [0.1, 0.15) is 5.82 Å². The molecule has 0 saturated carbocycles. The molecule has 110 valence electrons. The molecule has 2 aromatic rings. The fourth-order valence-corrected chi connectivity index (χ4v) is 2.57. The largest absolute Gasteiger partial charge is 0.381 e. The standard InChI is InChI=1S/C15H18N4O2/c1-11-8-15(17-14-9-16-5-2-12(14)10-20)19(18-11)13-3-6-21-7-4-13/h2,5,8-10,13,17H,3-4,6-7H2,1H3. The molecule has 0 aromatic carbocycles. The van der Waals surface area contributed by atoms with E-state index in [-0.39, 0.29) is 0 Å². The molecule has 0 spiro atoms. The van der Waals surface area contributed by atoms with Crippen molar-refractivity contribution in [3.8, 4) is 0 Å². The Morgan fingerprint density at radius 1 is 1.43 bits per heavy atom. The summed E-state index contributed by atoms with van der Waals surface area (Å²) in [7, 11) is 0. The molecular weight excluding hydrogens is 268 g/mol. The summed E-state index contributed by atoms with van der Waals surface area (Å²) in [6, 6.07) is 4.00. The van der Waals surface area contributed by atoms with E-state index in [2.05, 4.69) is 15.4 Å². The summed E-state index contributed by atoms with van der Waals surface area (Å²) in [5.74, 6) is 0.885. The number of aryl methyl sites for hydroxylation is 1. The maximum Gasteiger partial charge on any atom is 0.152 e. The molecule has 0 amide bonds. The molecule has 0 bridgehead atoms. The van der Waals surface area contributed by atoms with Gasteiger partial charge in [-0.3, -0.25) is 9.78 Å². The van der Waals surface area contributed by atoms with Gasteiger partial charge in [0.2, 0.25) is 0 Å². The lowest BCUT2D eigenvalue weighted by molar-refractivity contribution is 0.0668. The molecule has 1 fully saturated rings. The van der Waals surface area contributed by atoms with Gasteiger partial charge in [-0.05, 0) is 25.8 Å². The second kappa shape index (κ2) is 6.05. The smallest absolute Gasteiger partial charge is 0.152 e. The Morgan fingerprint density at radius 3 is 3.00 bits per heavy atom. The van der Waals surface area contributed by atoms with Crippen molar-refractivity contribution in [2.75, 3.05) is 18.5 Å². The van der Waals surface area contributed by atoms with Crippen LogP contribution in [0.3, 0.4) is 0 Å². The van der Waals surface area contributed by atoms with E-state index in [0.717, 1.165) is 43.9 Å². The van der Waals surface area contributed by atoms with Crippen molar-refractivity contribution < 1.29 is 9.53 Å². The zero-order chi connectivity index (χ0) is 14.7. The molecule has 0 unspecified atom stereocenters. The average Bonchev–Trinajstić information content (AvgIpc) is 2.89. The molecule has 2 aromatic heterocycles. The molecule has 1 N–H and O–H groups in total. The van der Waals surface area contributed by atoms with Crippen LogP contribution in [0.15, 0.2) is 24.5 Å². The first kappa shape index (κ1) is 13.8. The third kappa shape index (κ3) is 2.95. The number of hydrogen-bond donors (Lipinski definition) is 1. The molecule has 1 saturated heterocycles. The van der Waals surface area contributed by atoms with Crippen molar-refractivity contribution in [3.05, 3.63) is 35.8 Å². The van der Waals surface area contributed by atoms with Gasteiger partial charge >= 0.3 is 0 Å². The number of nitrogens with zero attached hydrogens (tertiary/aromatic N) is 3. The van der Waals surface area contributed by atoms with Crippen molar-refractivity contribution in [3.63, 3.8) is 0 Å². The normalized spacial score (nSPS) is 15.9. The third-order valence-electron chi connectivity index (χ3n) is 3.64. The maximum absolute atomic E-state index is 11.1. The first-order chi connectivity index (χ1) is 10.3. The van der Waals surface area contributed by atoms with Crippen LogP contribution in [0.25, 0.3) is 0 Å². The number of nitrogens with one attached hydrogen (secondary N) is 1. The second-order valence-corrected chi connectivity index (χ2v) is 5.16. The zero-order valence-corrected chi connectivity index (χ0v) is 12.0. The predicted molar refractivity (Wildman–Crippen MR) is 79.0 cm³/mol. The van der Waals surface area contributed by atoms with Crippen LogP contribution in [0.4, 0.5) is 11.5 Å². The Morgan fingerprint density at radius 2 is 2.24 bits per heavy atom. The van der Waals surface area contributed by atoms with Crippen LogP contribution in [0, 0.1) is 6.92 Å². The van der Waals surface area contributed by atoms with E-state index >= 15 is 0 Å². The lowest BCUT2D eigenvalue weighted by Gasteiger charge is -2.24. The minimum atomic E-state index is 0.325. The molecule has 3 heterocycles. The van der Waals surface area contributed by atoms with Gasteiger partial charge in [-0.15, -0.1) is 0 Å². The number of pyridine rings is 1. The first-order valence-corrected chi connectivity index (χ1v) is 7.08. The quantitative estimate of drug-likeness (QED) is 0.874. The number of rotatable bonds is 4. The summed E-state index contributed by atoms with van der Waals surface area (Å²) in [5, 5.41) is 7.85. The highest BCUT2D eigenvalue weighted by Crippen LogP contribution is 2.27. The summed E-state index contributed by atoms with van der Waals surface area (Å²) in [4.78, 5) is 15.2. The van der Waals surface area contributed by atoms with E-state index in [1.54, 1.807) is 18.5 Å². The number of aldehydes is 1. The van der Waals surface area contributed by atoms with Crippen molar-refractivity contribution in [2.45, 2.75) is 25.8 Å². The number of aromatic nitrogens is 3. The number of carbonyl (C=O) groups excluding carboxylic acids is 1. The highest BCUT2D eigenvalue weighted by atomic mass is 16.5. The zero-order valence-electron chi connectivity index (χ0n) is 12.0. The van der Waals surface area contributed by atoms with E-state index in [1.165, 1.54) is 0 Å². The van der Waals surface area contributed by atoms with Gasteiger partial charge in [-0.2, -0.15) is 5.10 Å². The van der Waals surface area contributed by atoms with Gasteiger partial charge in [-0.1, -0.05) is 0 Å². The minimum absolute atomic E-state index is 0.325. The lowest BCUT2D eigenvalue weighted by Crippen LogP contribution is -2.21. The van der Waals surface area contributed by atoms with Crippen molar-refractivity contribution in [2.24, 2.45) is 0 Å². The van der Waals surface area contributed by atoms with E-state index in [0.29, 0.717) is 17.3 Å². The first-order valence-electron chi connectivity index (χ1n) is 7.08. The summed E-state index contributed by atoms with van der Waals surface area (Å²) in [6.07, 6.45) is 5.98. The Kier molecular flexibility index (Phi) is 3.96. The van der Waals surface area contributed by atoms with Crippen LogP contribution < -0.4 is 5.32 Å². The summed E-state index contributed by atoms with van der Waals surface area (Å²) < 4.78 is 7.40. The van der Waals surface area contributed by atoms with Crippen molar-refractivity contribution in [1.29, 1.82) is 0 Å². The fourth-order valence-electron chi connectivity index (χ4n) is 2.57. The Bertz CT molecular complexity index is 632. The predicted octanol–water partition coefficient (Wildman–Crippen LogP) is 2.49. The number of carbonyl (C=O) groups is 1. The van der Waals surface area contributed by atoms with Gasteiger partial charge in [0.15, 0.2) is 6.29 Å². The summed E-state index contributed by atoms with van der Waals surface area (Å²) in [6.45, 7) is 3.48. The van der Waals surface area contributed by atoms with E-state index in [1.807, 2.05) is 17.7 Å². The lowest BCUT2D eigenvalue weighted by atomic mass is 10.1. The van der Waals surface area contributed by atoms with E-state index in [4.69, 9.17) is 4.74 Å². The molecular formula is C15H18N4O2. The van der Waals surface area contributed by atoms with Crippen LogP contribution in [0.5, 0.6) is 0 Å². The SMILES string of the molecule is Cc1cc(Nc2cnccc2C=O)n(C2CCOCC2)n1. The van der Waals surface area contributed by atoms with E-state index in [9.17, 15) is 4.79 Å². The molecule has 0 aliphatic carbocycles. The number of hydrogen-bond acceptors (Lipinski definition) is 5. The molecule has 0 atom stereocenters. The van der Waals surface area contributed by atoms with Crippen LogP contribution in [-0.4, -0.2) is 34.3 Å². The molecule has 1 aliphatic heterocycles. The molecule has 6 heteroatoms. The monoisotopic (exact) mass is 286 g/mol. The second-order valence-electron chi connectivity index (χ2n) is 5.16. The molecule has 3 rings (SSSR count). The average molecular weight is 286 g/mol. The summed E-state index contributed by atoms with van der Waals surface area (Å²) >= 11 is 0. The Hall–Kier alpha value is -2.21. The van der Waals surface area contributed by atoms with Crippen molar-refractivity contribution in [1.82, 2.24) is 14.8 Å². The van der Waals surface area contributed by atoms with E-state index < -0.39 is 0 Å². The van der Waals surface area contributed by atoms with Gasteiger partial charge in [0, 0.05) is 31.0 Å². The van der Waals surface area contributed by atoms with Crippen LogP contribution in [0.1, 0.15) is 34.9 Å². The third-order valence-corrected chi connectivity index (χ3v) is 3.64. The van der Waals surface area contributed by atoms with Gasteiger partial charge < -0.3 is 10.1 Å². The Labute approximate surface area is 123 Å². The minimum Gasteiger partial charge on any atom is -0.381 e. The van der Waals surface area contributed by atoms with Crippen LogP contribution in [-0.2, 0) is 4.74 Å². The Balaban J connectivity index is 1.89. The molecule has 6 nitrogen and oxygen atoms in total. The van der Waals surface area contributed by atoms with Gasteiger partial charge in [-0.25, -0.2) is 4.68 Å². The fraction of sp³-hybridized carbons (Fsp3) is 0.400. The maximum atomic E-state index is 11.1. The molecule has 1 aliphatic rings. The number of anilines is 2. The van der Waals surface area contributed by atoms with Gasteiger partial charge in [0.05, 0.1) is 23.6 Å².